The molecule has 0 aliphatic rings. The van der Waals surface area contributed by atoms with E-state index in [2.05, 4.69) is 38.1 Å². The lowest BCUT2D eigenvalue weighted by Crippen LogP contribution is -2.14. The molecule has 2 aromatic rings. The first-order chi connectivity index (χ1) is 7.68. The van der Waals surface area contributed by atoms with Gasteiger partial charge < -0.3 is 11.1 Å². The molecule has 0 aliphatic heterocycles. The summed E-state index contributed by atoms with van der Waals surface area (Å²) in [6.07, 6.45) is 1.41. The molecule has 4 N–H and O–H groups in total. The first-order valence-corrected chi connectivity index (χ1v) is 5.61. The monoisotopic (exact) mass is 328 g/mol. The normalized spacial score (nSPS) is 10.1. The minimum atomic E-state index is -0.292. The number of anilines is 2. The lowest BCUT2D eigenvalue weighted by atomic mass is 10.3. The van der Waals surface area contributed by atoms with Crippen LogP contribution >= 0.6 is 22.6 Å². The van der Waals surface area contributed by atoms with E-state index in [1.54, 1.807) is 0 Å². The van der Waals surface area contributed by atoms with Crippen molar-refractivity contribution < 1.29 is 4.79 Å². The second kappa shape index (κ2) is 4.52. The maximum Gasteiger partial charge on any atom is 0.275 e. The second-order valence-corrected chi connectivity index (χ2v) is 4.30. The number of para-hydroxylation sites is 1. The van der Waals surface area contributed by atoms with E-state index < -0.39 is 0 Å². The third-order valence-corrected chi connectivity index (χ3v) is 2.96. The predicted molar refractivity (Wildman–Crippen MR) is 70.1 cm³/mol. The van der Waals surface area contributed by atoms with Crippen LogP contribution in [0.2, 0.25) is 0 Å². The summed E-state index contributed by atoms with van der Waals surface area (Å²) >= 11 is 2.15. The van der Waals surface area contributed by atoms with E-state index in [-0.39, 0.29) is 11.6 Å². The Balaban J connectivity index is 2.21. The Kier molecular flexibility index (Phi) is 3.09. The zero-order valence-electron chi connectivity index (χ0n) is 8.20. The van der Waals surface area contributed by atoms with Gasteiger partial charge in [-0.25, -0.2) is 0 Å². The van der Waals surface area contributed by atoms with Crippen molar-refractivity contribution in [2.75, 3.05) is 11.1 Å². The molecule has 0 aliphatic carbocycles. The molecule has 82 valence electrons. The van der Waals surface area contributed by atoms with E-state index in [1.165, 1.54) is 6.20 Å². The zero-order valence-corrected chi connectivity index (χ0v) is 10.4. The van der Waals surface area contributed by atoms with Crippen LogP contribution in [0.4, 0.5) is 11.4 Å². The highest BCUT2D eigenvalue weighted by molar-refractivity contribution is 14.1. The van der Waals surface area contributed by atoms with Crippen molar-refractivity contribution in [2.45, 2.75) is 0 Å². The molecule has 1 aromatic heterocycles. The number of nitrogens with two attached hydrogens (primary N) is 1. The van der Waals surface area contributed by atoms with Gasteiger partial charge in [0.1, 0.15) is 5.69 Å². The number of rotatable bonds is 2. The molecule has 2 rings (SSSR count). The Hall–Kier alpha value is -1.57. The Morgan fingerprint density at radius 3 is 2.81 bits per heavy atom. The van der Waals surface area contributed by atoms with Crippen LogP contribution in [0.1, 0.15) is 10.5 Å². The molecule has 0 bridgehead atoms. The van der Waals surface area contributed by atoms with E-state index >= 15 is 0 Å². The van der Waals surface area contributed by atoms with Crippen molar-refractivity contribution in [3.8, 4) is 0 Å². The third-order valence-electron chi connectivity index (χ3n) is 2.02. The van der Waals surface area contributed by atoms with Crippen LogP contribution < -0.4 is 11.1 Å². The highest BCUT2D eigenvalue weighted by Gasteiger charge is 2.12. The van der Waals surface area contributed by atoms with Crippen LogP contribution in [0.25, 0.3) is 0 Å². The van der Waals surface area contributed by atoms with E-state index in [9.17, 15) is 4.79 Å². The van der Waals surface area contributed by atoms with Gasteiger partial charge in [-0.15, -0.1) is 0 Å². The lowest BCUT2D eigenvalue weighted by Gasteiger charge is -2.05. The van der Waals surface area contributed by atoms with E-state index in [0.717, 1.165) is 9.26 Å². The first kappa shape index (κ1) is 10.9. The largest absolute Gasteiger partial charge is 0.396 e. The first-order valence-electron chi connectivity index (χ1n) is 4.53. The summed E-state index contributed by atoms with van der Waals surface area (Å²) in [5.41, 5.74) is 6.94. The number of nitrogen functional groups attached to an aromatic ring is 1. The second-order valence-electron chi connectivity index (χ2n) is 3.13. The van der Waals surface area contributed by atoms with Crippen molar-refractivity contribution in [1.82, 2.24) is 10.2 Å². The van der Waals surface area contributed by atoms with Gasteiger partial charge in [-0.3, -0.25) is 9.89 Å². The van der Waals surface area contributed by atoms with Crippen LogP contribution in [-0.4, -0.2) is 16.1 Å². The number of hydrogen-bond donors (Lipinski definition) is 3. The van der Waals surface area contributed by atoms with Crippen molar-refractivity contribution >= 4 is 39.9 Å². The maximum absolute atomic E-state index is 11.8. The van der Waals surface area contributed by atoms with Crippen molar-refractivity contribution in [3.63, 3.8) is 0 Å². The molecule has 0 atom stereocenters. The molecule has 1 heterocycles. The lowest BCUT2D eigenvalue weighted by molar-refractivity contribution is 0.102. The number of carbonyl (C=O) groups excluding carboxylic acids is 1. The maximum atomic E-state index is 11.8. The fourth-order valence-corrected chi connectivity index (χ4v) is 1.75. The molecule has 0 saturated carbocycles. The van der Waals surface area contributed by atoms with Gasteiger partial charge in [0.15, 0.2) is 0 Å². The van der Waals surface area contributed by atoms with Gasteiger partial charge in [0.2, 0.25) is 0 Å². The molecule has 0 radical (unpaired) electrons. The van der Waals surface area contributed by atoms with E-state index in [0.29, 0.717) is 5.69 Å². The standard InChI is InChI=1S/C10H9IN4O/c11-6-3-1-2-4-8(6)14-10(16)9-7(12)5-13-15-9/h1-5H,12H2,(H,13,15)(H,14,16). The van der Waals surface area contributed by atoms with Gasteiger partial charge in [0.25, 0.3) is 5.91 Å². The Morgan fingerprint density at radius 1 is 1.44 bits per heavy atom. The highest BCUT2D eigenvalue weighted by Crippen LogP contribution is 2.18. The van der Waals surface area contributed by atoms with Crippen molar-refractivity contribution in [3.05, 3.63) is 39.7 Å². The zero-order chi connectivity index (χ0) is 11.5. The smallest absolute Gasteiger partial charge is 0.275 e. The third kappa shape index (κ3) is 2.16. The van der Waals surface area contributed by atoms with Gasteiger partial charge in [-0.2, -0.15) is 5.10 Å². The molecular weight excluding hydrogens is 319 g/mol. The Bertz CT molecular complexity index is 523. The number of amides is 1. The van der Waals surface area contributed by atoms with Crippen molar-refractivity contribution in [1.29, 1.82) is 0 Å². The average molecular weight is 328 g/mol. The number of aromatic amines is 1. The van der Waals surface area contributed by atoms with Crippen molar-refractivity contribution in [2.24, 2.45) is 0 Å². The summed E-state index contributed by atoms with van der Waals surface area (Å²) < 4.78 is 0.964. The molecule has 1 aromatic carbocycles. The van der Waals surface area contributed by atoms with Gasteiger partial charge >= 0.3 is 0 Å². The number of aromatic nitrogens is 2. The van der Waals surface area contributed by atoms with Crippen LogP contribution in [0.3, 0.4) is 0 Å². The van der Waals surface area contributed by atoms with E-state index in [4.69, 9.17) is 5.73 Å². The van der Waals surface area contributed by atoms with Gasteiger partial charge in [-0.1, -0.05) is 12.1 Å². The van der Waals surface area contributed by atoms with Gasteiger partial charge in [0, 0.05) is 3.57 Å². The number of nitrogens with zero attached hydrogens (tertiary/aromatic N) is 1. The van der Waals surface area contributed by atoms with Crippen LogP contribution in [-0.2, 0) is 0 Å². The highest BCUT2D eigenvalue weighted by atomic mass is 127. The van der Waals surface area contributed by atoms with Crippen LogP contribution in [0.5, 0.6) is 0 Å². The molecule has 1 amide bonds. The van der Waals surface area contributed by atoms with Gasteiger partial charge in [-0.05, 0) is 34.7 Å². The minimum Gasteiger partial charge on any atom is -0.396 e. The molecule has 6 heteroatoms. The quantitative estimate of drug-likeness (QED) is 0.736. The summed E-state index contributed by atoms with van der Waals surface area (Å²) in [5.74, 6) is -0.292. The number of nitrogens with one attached hydrogen (secondary N) is 2. The topological polar surface area (TPSA) is 83.8 Å². The summed E-state index contributed by atoms with van der Waals surface area (Å²) in [4.78, 5) is 11.8. The van der Waals surface area contributed by atoms with Gasteiger partial charge in [0.05, 0.1) is 17.6 Å². The molecular formula is C10H9IN4O. The summed E-state index contributed by atoms with van der Waals surface area (Å²) in [5, 5.41) is 9.01. The molecule has 0 fully saturated rings. The minimum absolute atomic E-state index is 0.277. The molecule has 5 nitrogen and oxygen atoms in total. The summed E-state index contributed by atoms with van der Waals surface area (Å²) in [6, 6.07) is 7.49. The molecule has 0 unspecified atom stereocenters. The summed E-state index contributed by atoms with van der Waals surface area (Å²) in [7, 11) is 0. The summed E-state index contributed by atoms with van der Waals surface area (Å²) in [6.45, 7) is 0. The number of H-pyrrole nitrogens is 1. The van der Waals surface area contributed by atoms with Crippen LogP contribution in [0.15, 0.2) is 30.5 Å². The predicted octanol–water partition coefficient (Wildman–Crippen LogP) is 1.85. The molecule has 0 spiro atoms. The molecule has 0 saturated heterocycles. The molecule has 16 heavy (non-hydrogen) atoms. The number of carbonyl (C=O) groups is 1. The Labute approximate surface area is 106 Å². The van der Waals surface area contributed by atoms with Crippen LogP contribution in [0, 0.1) is 3.57 Å². The number of hydrogen-bond acceptors (Lipinski definition) is 3. The number of benzene rings is 1. The fraction of sp³-hybridized carbons (Fsp3) is 0. The average Bonchev–Trinajstić information content (AvgIpc) is 2.68. The Morgan fingerprint density at radius 2 is 2.19 bits per heavy atom. The SMILES string of the molecule is Nc1cn[nH]c1C(=O)Nc1ccccc1I. The van der Waals surface area contributed by atoms with E-state index in [1.807, 2.05) is 24.3 Å². The number of halogens is 1. The fourth-order valence-electron chi connectivity index (χ4n) is 1.22.